The Morgan fingerprint density at radius 3 is 2.38 bits per heavy atom. The van der Waals surface area contributed by atoms with Crippen molar-refractivity contribution in [3.8, 4) is 0 Å². The van der Waals surface area contributed by atoms with Gasteiger partial charge in [-0.1, -0.05) is 0 Å². The van der Waals surface area contributed by atoms with Gasteiger partial charge < -0.3 is 0 Å². The van der Waals surface area contributed by atoms with Crippen molar-refractivity contribution < 1.29 is 0 Å². The van der Waals surface area contributed by atoms with Crippen LogP contribution in [0, 0.1) is 0 Å². The average Bonchev–Trinajstić information content (AvgIpc) is 1.86. The largest absolute Gasteiger partial charge is 0.154 e. The molecule has 0 spiro atoms. The zero-order valence-corrected chi connectivity index (χ0v) is 6.85. The second-order valence-corrected chi connectivity index (χ2v) is 4.98. The van der Waals surface area contributed by atoms with Crippen LogP contribution in [0.1, 0.15) is 20.3 Å². The molecule has 0 N–H and O–H groups in total. The fourth-order valence-corrected chi connectivity index (χ4v) is 2.47. The molecule has 1 aliphatic rings. The quantitative estimate of drug-likeness (QED) is 0.479. The molecular weight excluding hydrogens is 140 g/mol. The Kier molecular flexibility index (Phi) is 1.78. The van der Waals surface area contributed by atoms with Crippen molar-refractivity contribution in [2.45, 2.75) is 30.4 Å². The molecular formula is C6H11ClS. The van der Waals surface area contributed by atoms with Crippen molar-refractivity contribution in [2.24, 2.45) is 0 Å². The molecule has 0 amide bonds. The van der Waals surface area contributed by atoms with Crippen LogP contribution in [0.25, 0.3) is 0 Å². The van der Waals surface area contributed by atoms with Crippen LogP contribution in [-0.4, -0.2) is 15.9 Å². The van der Waals surface area contributed by atoms with Gasteiger partial charge in [-0.25, -0.2) is 0 Å². The van der Waals surface area contributed by atoms with Gasteiger partial charge in [0.2, 0.25) is 0 Å². The molecule has 1 fully saturated rings. The van der Waals surface area contributed by atoms with Crippen LogP contribution in [-0.2, 0) is 0 Å². The van der Waals surface area contributed by atoms with E-state index in [1.165, 1.54) is 12.2 Å². The maximum Gasteiger partial charge on any atom is 0.0485 e. The van der Waals surface area contributed by atoms with E-state index in [0.29, 0.717) is 10.1 Å². The van der Waals surface area contributed by atoms with Crippen LogP contribution in [0.4, 0.5) is 0 Å². The van der Waals surface area contributed by atoms with Crippen LogP contribution in [0.3, 0.4) is 0 Å². The van der Waals surface area contributed by atoms with Gasteiger partial charge in [-0.15, -0.1) is 11.6 Å². The molecule has 0 nitrogen and oxygen atoms in total. The zero-order chi connectivity index (χ0) is 6.20. The molecule has 1 aliphatic heterocycles. The van der Waals surface area contributed by atoms with Gasteiger partial charge in [-0.3, -0.25) is 0 Å². The number of alkyl halides is 1. The first-order chi connectivity index (χ1) is 3.63. The number of halogens is 1. The fourth-order valence-electron chi connectivity index (χ4n) is 0.863. The predicted octanol–water partition coefficient (Wildman–Crippen LogP) is 2.51. The van der Waals surface area contributed by atoms with E-state index in [9.17, 15) is 0 Å². The lowest BCUT2D eigenvalue weighted by atomic mass is 10.1. The second-order valence-electron chi connectivity index (χ2n) is 2.71. The minimum atomic E-state index is 0.335. The van der Waals surface area contributed by atoms with E-state index in [1.807, 2.05) is 11.8 Å². The second kappa shape index (κ2) is 2.11. The van der Waals surface area contributed by atoms with Crippen molar-refractivity contribution in [1.82, 2.24) is 0 Å². The van der Waals surface area contributed by atoms with Crippen LogP contribution in [0.15, 0.2) is 0 Å². The van der Waals surface area contributed by atoms with Crippen molar-refractivity contribution in [2.75, 3.05) is 5.75 Å². The third-order valence-electron chi connectivity index (χ3n) is 1.60. The molecule has 1 atom stereocenters. The third kappa shape index (κ3) is 1.14. The smallest absolute Gasteiger partial charge is 0.0485 e. The van der Waals surface area contributed by atoms with Crippen LogP contribution >= 0.6 is 23.4 Å². The van der Waals surface area contributed by atoms with Crippen molar-refractivity contribution in [3.63, 3.8) is 0 Å². The molecule has 0 radical (unpaired) electrons. The van der Waals surface area contributed by atoms with Crippen molar-refractivity contribution in [1.29, 1.82) is 0 Å². The maximum atomic E-state index is 5.98. The summed E-state index contributed by atoms with van der Waals surface area (Å²) in [6.07, 6.45) is 1.18. The minimum absolute atomic E-state index is 0.335. The normalized spacial score (nSPS) is 35.6. The Hall–Kier alpha value is 0.640. The summed E-state index contributed by atoms with van der Waals surface area (Å²) in [6.45, 7) is 4.42. The Labute approximate surface area is 60.0 Å². The summed E-state index contributed by atoms with van der Waals surface area (Å²) in [4.78, 5) is 0. The van der Waals surface area contributed by atoms with Gasteiger partial charge in [0.1, 0.15) is 0 Å². The molecule has 0 bridgehead atoms. The summed E-state index contributed by atoms with van der Waals surface area (Å²) in [5.74, 6) is 1.24. The highest BCUT2D eigenvalue weighted by molar-refractivity contribution is 8.01. The first-order valence-electron chi connectivity index (χ1n) is 2.91. The average molecular weight is 151 g/mol. The molecule has 0 aromatic carbocycles. The molecule has 48 valence electrons. The van der Waals surface area contributed by atoms with Crippen LogP contribution in [0.2, 0.25) is 0 Å². The SMILES string of the molecule is CC1(C)SCCC1Cl. The van der Waals surface area contributed by atoms with E-state index < -0.39 is 0 Å². The predicted molar refractivity (Wildman–Crippen MR) is 40.8 cm³/mol. The Morgan fingerprint density at radius 1 is 1.62 bits per heavy atom. The summed E-state index contributed by atoms with van der Waals surface area (Å²) < 4.78 is 0.335. The van der Waals surface area contributed by atoms with Gasteiger partial charge in [0.25, 0.3) is 0 Å². The van der Waals surface area contributed by atoms with Crippen LogP contribution < -0.4 is 0 Å². The monoisotopic (exact) mass is 150 g/mol. The molecule has 0 saturated carbocycles. The topological polar surface area (TPSA) is 0 Å². The van der Waals surface area contributed by atoms with Crippen molar-refractivity contribution >= 4 is 23.4 Å². The lowest BCUT2D eigenvalue weighted by Gasteiger charge is -2.19. The molecule has 2 heteroatoms. The molecule has 1 saturated heterocycles. The number of hydrogen-bond acceptors (Lipinski definition) is 1. The third-order valence-corrected chi connectivity index (χ3v) is 3.96. The molecule has 8 heavy (non-hydrogen) atoms. The van der Waals surface area contributed by atoms with Gasteiger partial charge >= 0.3 is 0 Å². The highest BCUT2D eigenvalue weighted by Crippen LogP contribution is 2.40. The van der Waals surface area contributed by atoms with Gasteiger partial charge in [0.15, 0.2) is 0 Å². The van der Waals surface area contributed by atoms with Gasteiger partial charge in [-0.2, -0.15) is 11.8 Å². The minimum Gasteiger partial charge on any atom is -0.154 e. The van der Waals surface area contributed by atoms with Crippen LogP contribution in [0.5, 0.6) is 0 Å². The summed E-state index contributed by atoms with van der Waals surface area (Å²) in [7, 11) is 0. The summed E-state index contributed by atoms with van der Waals surface area (Å²) in [5, 5.41) is 0.396. The summed E-state index contributed by atoms with van der Waals surface area (Å²) in [6, 6.07) is 0. The van der Waals surface area contributed by atoms with E-state index >= 15 is 0 Å². The number of hydrogen-bond donors (Lipinski definition) is 0. The molecule has 0 aliphatic carbocycles. The fraction of sp³-hybridized carbons (Fsp3) is 1.00. The van der Waals surface area contributed by atoms with Gasteiger partial charge in [0.05, 0.1) is 0 Å². The van der Waals surface area contributed by atoms with Gasteiger partial charge in [-0.05, 0) is 26.0 Å². The highest BCUT2D eigenvalue weighted by atomic mass is 35.5. The number of thioether (sulfide) groups is 1. The highest BCUT2D eigenvalue weighted by Gasteiger charge is 2.33. The molecule has 1 unspecified atom stereocenters. The molecule has 0 aromatic rings. The Balaban J connectivity index is 2.54. The Bertz CT molecular complexity index is 90.5. The lowest BCUT2D eigenvalue weighted by molar-refractivity contribution is 0.674. The first kappa shape index (κ1) is 6.76. The standard InChI is InChI=1S/C6H11ClS/c1-6(2)5(7)3-4-8-6/h5H,3-4H2,1-2H3. The summed E-state index contributed by atoms with van der Waals surface area (Å²) in [5.41, 5.74) is 0. The van der Waals surface area contributed by atoms with E-state index in [4.69, 9.17) is 11.6 Å². The summed E-state index contributed by atoms with van der Waals surface area (Å²) >= 11 is 7.96. The lowest BCUT2D eigenvalue weighted by Crippen LogP contribution is -2.21. The van der Waals surface area contributed by atoms with E-state index in [2.05, 4.69) is 13.8 Å². The van der Waals surface area contributed by atoms with Crippen molar-refractivity contribution in [3.05, 3.63) is 0 Å². The first-order valence-corrected chi connectivity index (χ1v) is 4.33. The molecule has 1 rings (SSSR count). The Morgan fingerprint density at radius 2 is 2.25 bits per heavy atom. The molecule has 1 heterocycles. The zero-order valence-electron chi connectivity index (χ0n) is 5.28. The maximum absolute atomic E-state index is 5.98. The van der Waals surface area contributed by atoms with E-state index in [0.717, 1.165) is 0 Å². The van der Waals surface area contributed by atoms with E-state index in [1.54, 1.807) is 0 Å². The molecule has 0 aromatic heterocycles. The van der Waals surface area contributed by atoms with Gasteiger partial charge in [0, 0.05) is 10.1 Å². The van der Waals surface area contributed by atoms with E-state index in [-0.39, 0.29) is 0 Å². The number of rotatable bonds is 0.